The Morgan fingerprint density at radius 1 is 1.00 bits per heavy atom. The molecule has 0 radical (unpaired) electrons. The summed E-state index contributed by atoms with van der Waals surface area (Å²) in [4.78, 5) is 0. The summed E-state index contributed by atoms with van der Waals surface area (Å²) in [5, 5.41) is 0.777. The van der Waals surface area contributed by atoms with Crippen molar-refractivity contribution >= 4 is 31.9 Å². The Hall–Kier alpha value is -1.00. The minimum absolute atomic E-state index is 0.479. The molecular formula is C15H14Br2O2. The van der Waals surface area contributed by atoms with Crippen molar-refractivity contribution in [2.45, 2.75) is 11.9 Å². The smallest absolute Gasteiger partial charge is 0.125 e. The van der Waals surface area contributed by atoms with Crippen molar-refractivity contribution in [3.63, 3.8) is 0 Å². The van der Waals surface area contributed by atoms with Gasteiger partial charge in [0.2, 0.25) is 0 Å². The lowest BCUT2D eigenvalue weighted by atomic mass is 10.2. The van der Waals surface area contributed by atoms with Crippen molar-refractivity contribution < 1.29 is 9.47 Å². The number of para-hydroxylation sites is 1. The number of ether oxygens (including phenoxy) is 2. The highest BCUT2D eigenvalue weighted by Gasteiger charge is 2.06. The molecule has 0 bridgehead atoms. The van der Waals surface area contributed by atoms with Gasteiger partial charge < -0.3 is 9.47 Å². The van der Waals surface area contributed by atoms with Gasteiger partial charge in [0.05, 0.1) is 7.11 Å². The summed E-state index contributed by atoms with van der Waals surface area (Å²) in [5.41, 5.74) is 2.15. The Morgan fingerprint density at radius 2 is 1.79 bits per heavy atom. The second kappa shape index (κ2) is 6.96. The minimum Gasteiger partial charge on any atom is -0.496 e. The monoisotopic (exact) mass is 384 g/mol. The lowest BCUT2D eigenvalue weighted by Gasteiger charge is -2.12. The zero-order valence-corrected chi connectivity index (χ0v) is 13.7. The molecule has 19 heavy (non-hydrogen) atoms. The van der Waals surface area contributed by atoms with E-state index in [1.54, 1.807) is 7.11 Å². The molecule has 0 aromatic heterocycles. The van der Waals surface area contributed by atoms with Gasteiger partial charge >= 0.3 is 0 Å². The first-order valence-corrected chi connectivity index (χ1v) is 7.75. The zero-order chi connectivity index (χ0) is 13.7. The summed E-state index contributed by atoms with van der Waals surface area (Å²) in [6.45, 7) is 0.479. The van der Waals surface area contributed by atoms with Crippen LogP contribution in [0.3, 0.4) is 0 Å². The van der Waals surface area contributed by atoms with E-state index < -0.39 is 0 Å². The normalized spacial score (nSPS) is 10.3. The van der Waals surface area contributed by atoms with Crippen LogP contribution >= 0.6 is 31.9 Å². The third kappa shape index (κ3) is 3.74. The maximum Gasteiger partial charge on any atom is 0.125 e. The summed E-state index contributed by atoms with van der Waals surface area (Å²) in [5.74, 6) is 1.72. The summed E-state index contributed by atoms with van der Waals surface area (Å²) < 4.78 is 12.2. The van der Waals surface area contributed by atoms with Crippen LogP contribution in [0.25, 0.3) is 0 Å². The molecule has 0 aliphatic carbocycles. The molecular weight excluding hydrogens is 372 g/mol. The molecule has 2 nitrogen and oxygen atoms in total. The van der Waals surface area contributed by atoms with Crippen LogP contribution in [0.2, 0.25) is 0 Å². The Kier molecular flexibility index (Phi) is 5.28. The second-order valence-electron chi connectivity index (χ2n) is 3.99. The number of hydrogen-bond acceptors (Lipinski definition) is 2. The number of benzene rings is 2. The van der Waals surface area contributed by atoms with E-state index in [-0.39, 0.29) is 0 Å². The van der Waals surface area contributed by atoms with Gasteiger partial charge in [-0.05, 0) is 24.3 Å². The molecule has 0 saturated heterocycles. The Bertz CT molecular complexity index is 556. The predicted octanol–water partition coefficient (Wildman–Crippen LogP) is 4.93. The van der Waals surface area contributed by atoms with Gasteiger partial charge in [0, 0.05) is 20.9 Å². The molecule has 0 heterocycles. The quantitative estimate of drug-likeness (QED) is 0.679. The highest BCUT2D eigenvalue weighted by Crippen LogP contribution is 2.26. The number of methoxy groups -OCH3 is 1. The summed E-state index contributed by atoms with van der Waals surface area (Å²) in [6, 6.07) is 13.9. The maximum absolute atomic E-state index is 5.88. The van der Waals surface area contributed by atoms with Gasteiger partial charge in [-0.1, -0.05) is 50.1 Å². The molecule has 0 aliphatic rings. The summed E-state index contributed by atoms with van der Waals surface area (Å²) >= 11 is 6.92. The zero-order valence-electron chi connectivity index (χ0n) is 10.5. The van der Waals surface area contributed by atoms with Crippen LogP contribution in [-0.2, 0) is 11.9 Å². The number of alkyl halides is 1. The molecule has 2 aromatic carbocycles. The van der Waals surface area contributed by atoms with Crippen LogP contribution in [-0.4, -0.2) is 7.11 Å². The Morgan fingerprint density at radius 3 is 2.53 bits per heavy atom. The largest absolute Gasteiger partial charge is 0.496 e. The first-order chi connectivity index (χ1) is 9.24. The average Bonchev–Trinajstić information content (AvgIpc) is 2.45. The molecule has 0 spiro atoms. The SMILES string of the molecule is COc1ccc(Br)cc1COc1ccccc1CBr. The van der Waals surface area contributed by atoms with Crippen molar-refractivity contribution in [3.8, 4) is 11.5 Å². The first kappa shape index (κ1) is 14.4. The second-order valence-corrected chi connectivity index (χ2v) is 5.46. The lowest BCUT2D eigenvalue weighted by molar-refractivity contribution is 0.294. The fraction of sp³-hybridized carbons (Fsp3) is 0.200. The maximum atomic E-state index is 5.88. The van der Waals surface area contributed by atoms with Crippen molar-refractivity contribution in [2.75, 3.05) is 7.11 Å². The van der Waals surface area contributed by atoms with E-state index in [1.165, 1.54) is 0 Å². The summed E-state index contributed by atoms with van der Waals surface area (Å²) in [7, 11) is 1.67. The minimum atomic E-state index is 0.479. The van der Waals surface area contributed by atoms with Gasteiger partial charge in [-0.2, -0.15) is 0 Å². The van der Waals surface area contributed by atoms with E-state index in [9.17, 15) is 0 Å². The molecule has 0 amide bonds. The van der Waals surface area contributed by atoms with Crippen LogP contribution in [0, 0.1) is 0 Å². The van der Waals surface area contributed by atoms with Gasteiger partial charge in [0.25, 0.3) is 0 Å². The lowest BCUT2D eigenvalue weighted by Crippen LogP contribution is -2.00. The molecule has 2 rings (SSSR count). The van der Waals surface area contributed by atoms with Crippen LogP contribution in [0.4, 0.5) is 0 Å². The van der Waals surface area contributed by atoms with Gasteiger partial charge in [-0.25, -0.2) is 0 Å². The standard InChI is InChI=1S/C15H14Br2O2/c1-18-14-7-6-13(17)8-12(14)10-19-15-5-3-2-4-11(15)9-16/h2-8H,9-10H2,1H3. The van der Waals surface area contributed by atoms with Crippen molar-refractivity contribution in [1.29, 1.82) is 0 Å². The van der Waals surface area contributed by atoms with Crippen LogP contribution < -0.4 is 9.47 Å². The van der Waals surface area contributed by atoms with E-state index in [2.05, 4.69) is 31.9 Å². The van der Waals surface area contributed by atoms with Crippen molar-refractivity contribution in [2.24, 2.45) is 0 Å². The highest BCUT2D eigenvalue weighted by molar-refractivity contribution is 9.10. The molecule has 0 atom stereocenters. The predicted molar refractivity (Wildman–Crippen MR) is 84.1 cm³/mol. The molecule has 0 N–H and O–H groups in total. The number of halogens is 2. The number of hydrogen-bond donors (Lipinski definition) is 0. The molecule has 2 aromatic rings. The van der Waals surface area contributed by atoms with E-state index in [0.717, 1.165) is 32.4 Å². The van der Waals surface area contributed by atoms with Gasteiger partial charge in [0.15, 0.2) is 0 Å². The van der Waals surface area contributed by atoms with Crippen LogP contribution in [0.5, 0.6) is 11.5 Å². The summed E-state index contributed by atoms with van der Waals surface area (Å²) in [6.07, 6.45) is 0. The van der Waals surface area contributed by atoms with Gasteiger partial charge in [0.1, 0.15) is 18.1 Å². The third-order valence-corrected chi connectivity index (χ3v) is 3.84. The molecule has 0 unspecified atom stereocenters. The van der Waals surface area contributed by atoms with E-state index in [1.807, 2.05) is 42.5 Å². The van der Waals surface area contributed by atoms with E-state index >= 15 is 0 Å². The van der Waals surface area contributed by atoms with Crippen LogP contribution in [0.15, 0.2) is 46.9 Å². The molecule has 100 valence electrons. The van der Waals surface area contributed by atoms with E-state index in [4.69, 9.17) is 9.47 Å². The molecule has 4 heteroatoms. The fourth-order valence-electron chi connectivity index (χ4n) is 1.77. The number of rotatable bonds is 5. The Labute approximate surface area is 130 Å². The van der Waals surface area contributed by atoms with Crippen molar-refractivity contribution in [1.82, 2.24) is 0 Å². The average molecular weight is 386 g/mol. The molecule has 0 saturated carbocycles. The third-order valence-electron chi connectivity index (χ3n) is 2.74. The van der Waals surface area contributed by atoms with Gasteiger partial charge in [-0.15, -0.1) is 0 Å². The van der Waals surface area contributed by atoms with E-state index in [0.29, 0.717) is 6.61 Å². The van der Waals surface area contributed by atoms with Gasteiger partial charge in [-0.3, -0.25) is 0 Å². The topological polar surface area (TPSA) is 18.5 Å². The van der Waals surface area contributed by atoms with Crippen LogP contribution in [0.1, 0.15) is 11.1 Å². The fourth-order valence-corrected chi connectivity index (χ4v) is 2.64. The molecule has 0 aliphatic heterocycles. The molecule has 0 fully saturated rings. The first-order valence-electron chi connectivity index (χ1n) is 5.83. The highest BCUT2D eigenvalue weighted by atomic mass is 79.9. The Balaban J connectivity index is 2.16. The van der Waals surface area contributed by atoms with Crippen molar-refractivity contribution in [3.05, 3.63) is 58.1 Å².